The van der Waals surface area contributed by atoms with Crippen molar-refractivity contribution < 1.29 is 13.2 Å². The highest BCUT2D eigenvalue weighted by molar-refractivity contribution is 6.12. The van der Waals surface area contributed by atoms with Crippen LogP contribution in [0.25, 0.3) is 89.0 Å². The van der Waals surface area contributed by atoms with Crippen molar-refractivity contribution in [1.29, 1.82) is 5.26 Å². The minimum Gasteiger partial charge on any atom is -0.307 e. The second-order valence-corrected chi connectivity index (χ2v) is 13.3. The standard InChI is InChI=1S/C45H25F3N8/c46-45(47,48)31-20-27(25-49)19-30(21-31)34-24-42(56-38-10-4-2-8-33(38)36-23-29(12-14-40(36)56)44-52-17-6-18-53-44)54-26-41(34)55-37-9-3-1-7-32(37)35-22-28(11-13-39(35)55)43-50-15-5-16-51-43/h1-24,26H. The number of pyridine rings is 1. The molecule has 5 aromatic heterocycles. The van der Waals surface area contributed by atoms with Crippen molar-refractivity contribution >= 4 is 43.6 Å². The molecule has 0 aliphatic carbocycles. The van der Waals surface area contributed by atoms with Gasteiger partial charge >= 0.3 is 6.18 Å². The summed E-state index contributed by atoms with van der Waals surface area (Å²) >= 11 is 0. The molecule has 0 saturated carbocycles. The van der Waals surface area contributed by atoms with Crippen LogP contribution in [0, 0.1) is 11.3 Å². The average Bonchev–Trinajstić information content (AvgIpc) is 3.75. The molecule has 10 rings (SSSR count). The Kier molecular flexibility index (Phi) is 7.47. The Bertz CT molecular complexity index is 3200. The third-order valence-electron chi connectivity index (χ3n) is 10.0. The number of hydrogen-bond donors (Lipinski definition) is 0. The summed E-state index contributed by atoms with van der Waals surface area (Å²) in [5.41, 5.74) is 5.17. The highest BCUT2D eigenvalue weighted by Crippen LogP contribution is 2.41. The smallest absolute Gasteiger partial charge is 0.307 e. The molecule has 0 unspecified atom stereocenters. The lowest BCUT2D eigenvalue weighted by atomic mass is 9.99. The lowest BCUT2D eigenvalue weighted by molar-refractivity contribution is -0.137. The molecule has 0 radical (unpaired) electrons. The van der Waals surface area contributed by atoms with Gasteiger partial charge in [-0.05, 0) is 90.5 Å². The number of aromatic nitrogens is 7. The van der Waals surface area contributed by atoms with Crippen LogP contribution in [0.15, 0.2) is 152 Å². The summed E-state index contributed by atoms with van der Waals surface area (Å²) in [6.45, 7) is 0. The van der Waals surface area contributed by atoms with Crippen molar-refractivity contribution in [2.45, 2.75) is 6.18 Å². The van der Waals surface area contributed by atoms with Gasteiger partial charge in [0.25, 0.3) is 0 Å². The van der Waals surface area contributed by atoms with Gasteiger partial charge in [0.05, 0.1) is 51.1 Å². The van der Waals surface area contributed by atoms with E-state index in [9.17, 15) is 18.4 Å². The van der Waals surface area contributed by atoms with E-state index in [2.05, 4.69) is 19.9 Å². The maximum atomic E-state index is 14.4. The summed E-state index contributed by atoms with van der Waals surface area (Å²) in [5.74, 6) is 1.64. The summed E-state index contributed by atoms with van der Waals surface area (Å²) in [6, 6.07) is 38.4. The molecule has 0 aliphatic heterocycles. The topological polar surface area (TPSA) is 98.1 Å². The van der Waals surface area contributed by atoms with Crippen molar-refractivity contribution in [3.63, 3.8) is 0 Å². The predicted octanol–water partition coefficient (Wildman–Crippen LogP) is 10.7. The van der Waals surface area contributed by atoms with E-state index in [-0.39, 0.29) is 11.1 Å². The van der Waals surface area contributed by atoms with Gasteiger partial charge in [-0.25, -0.2) is 24.9 Å². The Balaban J connectivity index is 1.26. The zero-order valence-electron chi connectivity index (χ0n) is 29.1. The highest BCUT2D eigenvalue weighted by atomic mass is 19.4. The van der Waals surface area contributed by atoms with Gasteiger partial charge < -0.3 is 4.57 Å². The van der Waals surface area contributed by atoms with Crippen LogP contribution in [0.2, 0.25) is 0 Å². The van der Waals surface area contributed by atoms with Crippen molar-refractivity contribution in [1.82, 2.24) is 34.1 Å². The van der Waals surface area contributed by atoms with Crippen molar-refractivity contribution in [3.8, 4) is 51.5 Å². The molecule has 10 aromatic rings. The Morgan fingerprint density at radius 2 is 1.04 bits per heavy atom. The molecule has 0 amide bonds. The van der Waals surface area contributed by atoms with Crippen LogP contribution in [0.1, 0.15) is 11.1 Å². The first-order valence-corrected chi connectivity index (χ1v) is 17.6. The van der Waals surface area contributed by atoms with E-state index >= 15 is 0 Å². The third-order valence-corrected chi connectivity index (χ3v) is 10.0. The third kappa shape index (κ3) is 5.34. The molecule has 8 nitrogen and oxygen atoms in total. The van der Waals surface area contributed by atoms with Crippen LogP contribution >= 0.6 is 0 Å². The molecule has 0 spiro atoms. The lowest BCUT2D eigenvalue weighted by Crippen LogP contribution is -2.07. The van der Waals surface area contributed by atoms with Crippen LogP contribution in [-0.4, -0.2) is 34.1 Å². The largest absolute Gasteiger partial charge is 0.416 e. The first-order valence-electron chi connectivity index (χ1n) is 17.6. The number of benzene rings is 5. The summed E-state index contributed by atoms with van der Waals surface area (Å²) < 4.78 is 47.3. The Hall–Kier alpha value is -7.71. The molecule has 5 aromatic carbocycles. The van der Waals surface area contributed by atoms with E-state index in [1.807, 2.05) is 100 Å². The predicted molar refractivity (Wildman–Crippen MR) is 210 cm³/mol. The van der Waals surface area contributed by atoms with E-state index in [1.165, 1.54) is 6.07 Å². The molecular weight excluding hydrogens is 710 g/mol. The summed E-state index contributed by atoms with van der Waals surface area (Å²) in [5, 5.41) is 13.7. The zero-order valence-corrected chi connectivity index (χ0v) is 29.1. The SMILES string of the molecule is N#Cc1cc(-c2cc(-n3c4ccccc4c4cc(-c5ncccn5)ccc43)ncc2-n2c3ccccc3c3cc(-c4ncccn4)ccc32)cc(C(F)(F)F)c1. The van der Waals surface area contributed by atoms with Gasteiger partial charge in [-0.2, -0.15) is 18.4 Å². The number of hydrogen-bond acceptors (Lipinski definition) is 6. The molecule has 0 aliphatic rings. The van der Waals surface area contributed by atoms with Crippen LogP contribution in [0.4, 0.5) is 13.2 Å². The van der Waals surface area contributed by atoms with Crippen molar-refractivity contribution in [2.75, 3.05) is 0 Å². The molecule has 266 valence electrons. The number of nitriles is 1. The normalized spacial score (nSPS) is 11.8. The summed E-state index contributed by atoms with van der Waals surface area (Å²) in [4.78, 5) is 22.8. The minimum absolute atomic E-state index is 0.110. The summed E-state index contributed by atoms with van der Waals surface area (Å²) in [6.07, 6.45) is 3.78. The molecule has 0 bridgehead atoms. The van der Waals surface area contributed by atoms with E-state index in [1.54, 1.807) is 49.2 Å². The van der Waals surface area contributed by atoms with Gasteiger partial charge in [-0.15, -0.1) is 0 Å². The maximum absolute atomic E-state index is 14.4. The summed E-state index contributed by atoms with van der Waals surface area (Å²) in [7, 11) is 0. The number of nitrogens with zero attached hydrogens (tertiary/aromatic N) is 8. The highest BCUT2D eigenvalue weighted by Gasteiger charge is 2.32. The lowest BCUT2D eigenvalue weighted by Gasteiger charge is -2.18. The molecule has 5 heterocycles. The van der Waals surface area contributed by atoms with Crippen molar-refractivity contribution in [2.24, 2.45) is 0 Å². The number of alkyl halides is 3. The fraction of sp³-hybridized carbons (Fsp3) is 0.0222. The molecule has 0 saturated heterocycles. The fourth-order valence-corrected chi connectivity index (χ4v) is 7.61. The van der Waals surface area contributed by atoms with E-state index in [0.29, 0.717) is 28.7 Å². The molecule has 0 fully saturated rings. The Morgan fingerprint density at radius 3 is 1.61 bits per heavy atom. The zero-order chi connectivity index (χ0) is 38.0. The van der Waals surface area contributed by atoms with Crippen LogP contribution in [0.5, 0.6) is 0 Å². The number of halogens is 3. The minimum atomic E-state index is -4.69. The van der Waals surface area contributed by atoms with Crippen LogP contribution < -0.4 is 0 Å². The van der Waals surface area contributed by atoms with Crippen LogP contribution in [-0.2, 0) is 6.18 Å². The second-order valence-electron chi connectivity index (χ2n) is 13.3. The quantitative estimate of drug-likeness (QED) is 0.175. The average molecular weight is 735 g/mol. The van der Waals surface area contributed by atoms with E-state index in [4.69, 9.17) is 4.98 Å². The number of para-hydroxylation sites is 2. The van der Waals surface area contributed by atoms with Gasteiger partial charge in [-0.3, -0.25) is 4.57 Å². The number of rotatable bonds is 5. The fourth-order valence-electron chi connectivity index (χ4n) is 7.61. The molecule has 11 heteroatoms. The van der Waals surface area contributed by atoms with E-state index in [0.717, 1.165) is 66.9 Å². The van der Waals surface area contributed by atoms with Gasteiger partial charge in [0.1, 0.15) is 5.82 Å². The van der Waals surface area contributed by atoms with Gasteiger partial charge in [-0.1, -0.05) is 36.4 Å². The number of fused-ring (bicyclic) bond motifs is 6. The van der Waals surface area contributed by atoms with Crippen LogP contribution in [0.3, 0.4) is 0 Å². The van der Waals surface area contributed by atoms with E-state index < -0.39 is 11.7 Å². The first kappa shape index (κ1) is 32.9. The monoisotopic (exact) mass is 734 g/mol. The Labute approximate surface area is 316 Å². The molecule has 0 N–H and O–H groups in total. The van der Waals surface area contributed by atoms with Gasteiger partial charge in [0.2, 0.25) is 0 Å². The van der Waals surface area contributed by atoms with Gasteiger partial charge in [0.15, 0.2) is 11.6 Å². The Morgan fingerprint density at radius 1 is 0.500 bits per heavy atom. The van der Waals surface area contributed by atoms with Crippen molar-refractivity contribution in [3.05, 3.63) is 163 Å². The molecule has 0 atom stereocenters. The maximum Gasteiger partial charge on any atom is 0.416 e. The first-order chi connectivity index (χ1) is 27.4. The second kappa shape index (κ2) is 12.7. The molecule has 56 heavy (non-hydrogen) atoms. The molecular formula is C45H25F3N8. The van der Waals surface area contributed by atoms with Gasteiger partial charge in [0, 0.05) is 63.0 Å².